The average Bonchev–Trinajstić information content (AvgIpc) is 3.14. The van der Waals surface area contributed by atoms with E-state index in [0.29, 0.717) is 10.8 Å². The molecule has 2 aromatic carbocycles. The van der Waals surface area contributed by atoms with Crippen molar-refractivity contribution in [2.75, 3.05) is 10.3 Å². The highest BCUT2D eigenvalue weighted by atomic mass is 32.1. The molecular weight excluding hydrogens is 343 g/mol. The summed E-state index contributed by atoms with van der Waals surface area (Å²) < 4.78 is 14.0. The molecule has 0 bridgehead atoms. The number of carbonyl (C=O) groups excluding carboxylic acids is 2. The first-order valence-electron chi connectivity index (χ1n) is 7.61. The highest BCUT2D eigenvalue weighted by Gasteiger charge is 2.39. The quantitative estimate of drug-likeness (QED) is 0.555. The number of hydrogen-bond acceptors (Lipinski definition) is 6. The molecule has 0 spiro atoms. The molecule has 0 unspecified atom stereocenters. The van der Waals surface area contributed by atoms with Crippen molar-refractivity contribution in [3.8, 4) is 0 Å². The van der Waals surface area contributed by atoms with E-state index in [-0.39, 0.29) is 18.2 Å². The first-order chi connectivity index (χ1) is 12.1. The van der Waals surface area contributed by atoms with Gasteiger partial charge in [0.25, 0.3) is 5.91 Å². The number of hydrazine groups is 1. The summed E-state index contributed by atoms with van der Waals surface area (Å²) in [5.74, 6) is -1.14. The van der Waals surface area contributed by atoms with Gasteiger partial charge in [0, 0.05) is 0 Å². The lowest BCUT2D eigenvalue weighted by atomic mass is 10.2. The maximum atomic E-state index is 13.0. The molecule has 3 aromatic rings. The summed E-state index contributed by atoms with van der Waals surface area (Å²) in [5, 5.41) is 0.613. The van der Waals surface area contributed by atoms with Gasteiger partial charge in [0.05, 0.1) is 22.3 Å². The number of rotatable bonds is 4. The predicted molar refractivity (Wildman–Crippen MR) is 93.7 cm³/mol. The number of benzene rings is 2. The largest absolute Gasteiger partial charge is 0.296 e. The number of nitrogens with zero attached hydrogens (tertiary/aromatic N) is 2. The van der Waals surface area contributed by atoms with Crippen LogP contribution in [0.1, 0.15) is 6.42 Å². The third-order valence-electron chi connectivity index (χ3n) is 3.88. The Kier molecular flexibility index (Phi) is 3.90. The lowest BCUT2D eigenvalue weighted by Crippen LogP contribution is -2.41. The molecule has 4 rings (SSSR count). The van der Waals surface area contributed by atoms with Crippen LogP contribution < -0.4 is 15.8 Å². The van der Waals surface area contributed by atoms with Crippen molar-refractivity contribution >= 4 is 44.2 Å². The molecular formula is C17H13FN4O2S. The zero-order valence-electron chi connectivity index (χ0n) is 12.9. The predicted octanol–water partition coefficient (Wildman–Crippen LogP) is 2.68. The molecule has 1 aliphatic rings. The summed E-state index contributed by atoms with van der Waals surface area (Å²) in [6.07, 6.45) is 0.0219. The number of imide groups is 1. The van der Waals surface area contributed by atoms with Gasteiger partial charge in [-0.3, -0.25) is 15.0 Å². The number of para-hydroxylation sites is 1. The van der Waals surface area contributed by atoms with Crippen molar-refractivity contribution in [3.63, 3.8) is 0 Å². The molecule has 1 atom stereocenters. The molecule has 0 saturated carbocycles. The van der Waals surface area contributed by atoms with Gasteiger partial charge in [0.15, 0.2) is 5.13 Å². The minimum absolute atomic E-state index is 0.0219. The van der Waals surface area contributed by atoms with Crippen LogP contribution in [0, 0.1) is 5.82 Å². The van der Waals surface area contributed by atoms with E-state index in [4.69, 9.17) is 0 Å². The molecule has 1 aliphatic heterocycles. The van der Waals surface area contributed by atoms with E-state index in [1.807, 2.05) is 24.3 Å². The van der Waals surface area contributed by atoms with Crippen LogP contribution in [0.5, 0.6) is 0 Å². The zero-order valence-corrected chi connectivity index (χ0v) is 13.7. The van der Waals surface area contributed by atoms with Gasteiger partial charge in [-0.15, -0.1) is 0 Å². The van der Waals surface area contributed by atoms with Crippen molar-refractivity contribution in [1.29, 1.82) is 0 Å². The van der Waals surface area contributed by atoms with Crippen LogP contribution in [0.25, 0.3) is 10.2 Å². The molecule has 126 valence electrons. The molecule has 0 radical (unpaired) electrons. The van der Waals surface area contributed by atoms with E-state index in [9.17, 15) is 14.0 Å². The highest BCUT2D eigenvalue weighted by Crippen LogP contribution is 2.26. The summed E-state index contributed by atoms with van der Waals surface area (Å²) >= 11 is 1.45. The maximum Gasteiger partial charge on any atom is 0.253 e. The minimum atomic E-state index is -0.704. The van der Waals surface area contributed by atoms with E-state index >= 15 is 0 Å². The van der Waals surface area contributed by atoms with Gasteiger partial charge < -0.3 is 0 Å². The number of hydrogen-bond donors (Lipinski definition) is 2. The molecule has 8 heteroatoms. The van der Waals surface area contributed by atoms with Crippen LogP contribution >= 0.6 is 11.3 Å². The van der Waals surface area contributed by atoms with Crippen LogP contribution in [-0.4, -0.2) is 22.8 Å². The fraction of sp³-hybridized carbons (Fsp3) is 0.118. The lowest BCUT2D eigenvalue weighted by Gasteiger charge is -2.15. The van der Waals surface area contributed by atoms with Gasteiger partial charge in [-0.1, -0.05) is 23.5 Å². The SMILES string of the molecule is O=C1C[C@H](NNc2nc3ccccc3s2)C(=O)N1c1ccc(F)cc1. The fourth-order valence-electron chi connectivity index (χ4n) is 2.68. The van der Waals surface area contributed by atoms with Crippen molar-refractivity contribution in [2.45, 2.75) is 12.5 Å². The normalized spacial score (nSPS) is 17.5. The van der Waals surface area contributed by atoms with Crippen LogP contribution in [-0.2, 0) is 9.59 Å². The first kappa shape index (κ1) is 15.7. The molecule has 1 fully saturated rings. The Bertz CT molecular complexity index is 924. The smallest absolute Gasteiger partial charge is 0.253 e. The molecule has 0 aliphatic carbocycles. The standard InChI is InChI=1S/C17H13FN4O2S/c18-10-5-7-11(8-6-10)22-15(23)9-13(16(22)24)20-21-17-19-12-3-1-2-4-14(12)25-17/h1-8,13,20H,9H2,(H,19,21)/t13-/m0/s1. The number of fused-ring (bicyclic) bond motifs is 1. The van der Waals surface area contributed by atoms with Crippen molar-refractivity contribution in [1.82, 2.24) is 10.4 Å². The van der Waals surface area contributed by atoms with Crippen LogP contribution in [0.4, 0.5) is 15.2 Å². The van der Waals surface area contributed by atoms with Crippen molar-refractivity contribution in [3.05, 3.63) is 54.3 Å². The number of amides is 2. The topological polar surface area (TPSA) is 74.3 Å². The Morgan fingerprint density at radius 2 is 1.88 bits per heavy atom. The fourth-order valence-corrected chi connectivity index (χ4v) is 3.51. The minimum Gasteiger partial charge on any atom is -0.296 e. The van der Waals surface area contributed by atoms with Gasteiger partial charge in [-0.05, 0) is 36.4 Å². The molecule has 2 heterocycles. The lowest BCUT2D eigenvalue weighted by molar-refractivity contribution is -0.121. The number of halogens is 1. The third kappa shape index (κ3) is 2.97. The monoisotopic (exact) mass is 356 g/mol. The van der Waals surface area contributed by atoms with Crippen LogP contribution in [0.2, 0.25) is 0 Å². The van der Waals surface area contributed by atoms with Crippen molar-refractivity contribution < 1.29 is 14.0 Å². The Balaban J connectivity index is 1.47. The van der Waals surface area contributed by atoms with E-state index in [2.05, 4.69) is 15.8 Å². The summed E-state index contributed by atoms with van der Waals surface area (Å²) in [5.41, 5.74) is 6.99. The Morgan fingerprint density at radius 1 is 1.12 bits per heavy atom. The Morgan fingerprint density at radius 3 is 2.64 bits per heavy atom. The molecule has 2 amide bonds. The second-order valence-electron chi connectivity index (χ2n) is 5.56. The average molecular weight is 356 g/mol. The Hall–Kier alpha value is -2.84. The summed E-state index contributed by atoms with van der Waals surface area (Å²) in [7, 11) is 0. The van der Waals surface area contributed by atoms with E-state index in [1.54, 1.807) is 0 Å². The molecule has 25 heavy (non-hydrogen) atoms. The van der Waals surface area contributed by atoms with Gasteiger partial charge >= 0.3 is 0 Å². The number of anilines is 2. The molecule has 1 aromatic heterocycles. The van der Waals surface area contributed by atoms with E-state index < -0.39 is 11.9 Å². The summed E-state index contributed by atoms with van der Waals surface area (Å²) in [6.45, 7) is 0. The number of nitrogens with one attached hydrogen (secondary N) is 2. The van der Waals surface area contributed by atoms with Gasteiger partial charge in [0.1, 0.15) is 11.9 Å². The van der Waals surface area contributed by atoms with Gasteiger partial charge in [-0.2, -0.15) is 0 Å². The Labute approximate surface area is 146 Å². The second kappa shape index (κ2) is 6.23. The second-order valence-corrected chi connectivity index (χ2v) is 6.59. The summed E-state index contributed by atoms with van der Waals surface area (Å²) in [4.78, 5) is 30.1. The number of thiazole rings is 1. The molecule has 1 saturated heterocycles. The zero-order chi connectivity index (χ0) is 17.4. The van der Waals surface area contributed by atoms with Gasteiger partial charge in [0.2, 0.25) is 5.91 Å². The van der Waals surface area contributed by atoms with Crippen LogP contribution in [0.3, 0.4) is 0 Å². The number of carbonyl (C=O) groups is 2. The third-order valence-corrected chi connectivity index (χ3v) is 4.83. The molecule has 6 nitrogen and oxygen atoms in total. The number of aromatic nitrogens is 1. The van der Waals surface area contributed by atoms with Crippen molar-refractivity contribution in [2.24, 2.45) is 0 Å². The first-order valence-corrected chi connectivity index (χ1v) is 8.43. The maximum absolute atomic E-state index is 13.0. The van der Waals surface area contributed by atoms with E-state index in [0.717, 1.165) is 15.1 Å². The van der Waals surface area contributed by atoms with E-state index in [1.165, 1.54) is 35.6 Å². The van der Waals surface area contributed by atoms with Gasteiger partial charge in [-0.25, -0.2) is 19.7 Å². The molecule has 2 N–H and O–H groups in total. The highest BCUT2D eigenvalue weighted by molar-refractivity contribution is 7.22. The van der Waals surface area contributed by atoms with Crippen LogP contribution in [0.15, 0.2) is 48.5 Å². The summed E-state index contributed by atoms with van der Waals surface area (Å²) in [6, 6.07) is 12.2.